The van der Waals surface area contributed by atoms with Crippen molar-refractivity contribution in [3.8, 4) is 5.88 Å². The third kappa shape index (κ3) is 1.12. The average Bonchev–Trinajstić information content (AvgIpc) is 2.46. The molecule has 1 heterocycles. The summed E-state index contributed by atoms with van der Waals surface area (Å²) in [6.07, 6.45) is 0. The summed E-state index contributed by atoms with van der Waals surface area (Å²) in [5, 5.41) is 18.8. The monoisotopic (exact) mass is 191 g/mol. The number of aromatic hydroxyl groups is 1. The van der Waals surface area contributed by atoms with Gasteiger partial charge in [-0.3, -0.25) is 0 Å². The van der Waals surface area contributed by atoms with E-state index in [0.717, 1.165) is 10.9 Å². The van der Waals surface area contributed by atoms with E-state index in [1.165, 1.54) is 12.1 Å². The highest BCUT2D eigenvalue weighted by molar-refractivity contribution is 5.97. The first-order chi connectivity index (χ1) is 6.59. The van der Waals surface area contributed by atoms with Crippen molar-refractivity contribution >= 4 is 16.9 Å². The van der Waals surface area contributed by atoms with Crippen LogP contribution in [0.5, 0.6) is 5.88 Å². The van der Waals surface area contributed by atoms with Gasteiger partial charge in [-0.1, -0.05) is 0 Å². The number of carboxylic acids is 1. The number of rotatable bonds is 1. The SMILES string of the molecule is Cc1c(C(=O)O)ccc2[nH]c(O)cc12. The normalized spacial score (nSPS) is 10.6. The predicted octanol–water partition coefficient (Wildman–Crippen LogP) is 1.88. The third-order valence-corrected chi connectivity index (χ3v) is 2.29. The summed E-state index contributed by atoms with van der Waals surface area (Å²) >= 11 is 0. The molecular weight excluding hydrogens is 182 g/mol. The molecule has 0 aliphatic carbocycles. The predicted molar refractivity (Wildman–Crippen MR) is 51.7 cm³/mol. The summed E-state index contributed by atoms with van der Waals surface area (Å²) in [6, 6.07) is 4.69. The van der Waals surface area contributed by atoms with Crippen LogP contribution in [0.2, 0.25) is 0 Å². The van der Waals surface area contributed by atoms with Gasteiger partial charge in [0.2, 0.25) is 0 Å². The number of carbonyl (C=O) groups is 1. The molecule has 14 heavy (non-hydrogen) atoms. The molecule has 1 aromatic heterocycles. The van der Waals surface area contributed by atoms with E-state index in [1.807, 2.05) is 0 Å². The molecule has 0 aliphatic rings. The Morgan fingerprint density at radius 1 is 1.43 bits per heavy atom. The van der Waals surface area contributed by atoms with Gasteiger partial charge < -0.3 is 15.2 Å². The largest absolute Gasteiger partial charge is 0.495 e. The topological polar surface area (TPSA) is 73.3 Å². The zero-order valence-electron chi connectivity index (χ0n) is 7.53. The maximum absolute atomic E-state index is 10.8. The van der Waals surface area contributed by atoms with E-state index in [-0.39, 0.29) is 11.4 Å². The lowest BCUT2D eigenvalue weighted by Crippen LogP contribution is -1.99. The Morgan fingerprint density at radius 2 is 2.14 bits per heavy atom. The molecule has 0 saturated heterocycles. The summed E-state index contributed by atoms with van der Waals surface area (Å²) in [6.45, 7) is 1.72. The van der Waals surface area contributed by atoms with Crippen molar-refractivity contribution < 1.29 is 15.0 Å². The highest BCUT2D eigenvalue weighted by atomic mass is 16.4. The van der Waals surface area contributed by atoms with Crippen LogP contribution in [0.15, 0.2) is 18.2 Å². The van der Waals surface area contributed by atoms with E-state index in [2.05, 4.69) is 4.98 Å². The Hall–Kier alpha value is -1.97. The third-order valence-electron chi connectivity index (χ3n) is 2.29. The smallest absolute Gasteiger partial charge is 0.335 e. The zero-order valence-corrected chi connectivity index (χ0v) is 7.53. The maximum atomic E-state index is 10.8. The van der Waals surface area contributed by atoms with Gasteiger partial charge in [0.1, 0.15) is 0 Å². The Kier molecular flexibility index (Phi) is 1.70. The van der Waals surface area contributed by atoms with Gasteiger partial charge in [-0.25, -0.2) is 4.79 Å². The van der Waals surface area contributed by atoms with Crippen molar-refractivity contribution in [2.24, 2.45) is 0 Å². The van der Waals surface area contributed by atoms with Crippen LogP contribution in [-0.4, -0.2) is 21.2 Å². The highest BCUT2D eigenvalue weighted by Crippen LogP contribution is 2.25. The van der Waals surface area contributed by atoms with Crippen molar-refractivity contribution in [3.05, 3.63) is 29.3 Å². The van der Waals surface area contributed by atoms with Crippen LogP contribution in [-0.2, 0) is 0 Å². The summed E-state index contributed by atoms with van der Waals surface area (Å²) in [7, 11) is 0. The van der Waals surface area contributed by atoms with Gasteiger partial charge in [-0.05, 0) is 24.6 Å². The van der Waals surface area contributed by atoms with E-state index in [9.17, 15) is 9.90 Å². The van der Waals surface area contributed by atoms with Crippen molar-refractivity contribution in [2.75, 3.05) is 0 Å². The fraction of sp³-hybridized carbons (Fsp3) is 0.100. The summed E-state index contributed by atoms with van der Waals surface area (Å²) in [5.41, 5.74) is 1.66. The quantitative estimate of drug-likeness (QED) is 0.644. The summed E-state index contributed by atoms with van der Waals surface area (Å²) in [4.78, 5) is 13.5. The Bertz CT molecular complexity index is 513. The number of aromatic nitrogens is 1. The van der Waals surface area contributed by atoms with Crippen LogP contribution in [0, 0.1) is 6.92 Å². The molecule has 2 aromatic rings. The standard InChI is InChI=1S/C10H9NO3/c1-5-6(10(13)14)2-3-8-7(5)4-9(12)11-8/h2-4,11-12H,1H3,(H,13,14). The van der Waals surface area contributed by atoms with Gasteiger partial charge in [-0.2, -0.15) is 0 Å². The molecule has 0 bridgehead atoms. The molecule has 0 fully saturated rings. The molecule has 0 atom stereocenters. The number of aromatic amines is 1. The molecule has 3 N–H and O–H groups in total. The first-order valence-corrected chi connectivity index (χ1v) is 4.14. The zero-order chi connectivity index (χ0) is 10.3. The van der Waals surface area contributed by atoms with Gasteiger partial charge in [0.15, 0.2) is 5.88 Å². The van der Waals surface area contributed by atoms with Gasteiger partial charge >= 0.3 is 5.97 Å². The lowest BCUT2D eigenvalue weighted by Gasteiger charge is -2.00. The number of hydrogen-bond acceptors (Lipinski definition) is 2. The molecule has 0 aliphatic heterocycles. The first kappa shape index (κ1) is 8.62. The van der Waals surface area contributed by atoms with Gasteiger partial charge in [0, 0.05) is 17.0 Å². The van der Waals surface area contributed by atoms with Crippen LogP contribution in [0.1, 0.15) is 15.9 Å². The minimum absolute atomic E-state index is 0.0469. The summed E-state index contributed by atoms with van der Waals surface area (Å²) < 4.78 is 0. The van der Waals surface area contributed by atoms with Gasteiger partial charge in [0.05, 0.1) is 5.56 Å². The Labute approximate surface area is 79.8 Å². The Morgan fingerprint density at radius 3 is 2.79 bits per heavy atom. The average molecular weight is 191 g/mol. The Balaban J connectivity index is 2.80. The second-order valence-corrected chi connectivity index (χ2v) is 3.16. The molecule has 0 radical (unpaired) electrons. The molecule has 0 spiro atoms. The van der Waals surface area contributed by atoms with E-state index < -0.39 is 5.97 Å². The number of aryl methyl sites for hydroxylation is 1. The summed E-state index contributed by atoms with van der Waals surface area (Å²) in [5.74, 6) is -0.907. The fourth-order valence-electron chi connectivity index (χ4n) is 1.57. The van der Waals surface area contributed by atoms with Crippen LogP contribution in [0.4, 0.5) is 0 Å². The first-order valence-electron chi connectivity index (χ1n) is 4.14. The van der Waals surface area contributed by atoms with Crippen LogP contribution < -0.4 is 0 Å². The van der Waals surface area contributed by atoms with Crippen molar-refractivity contribution in [2.45, 2.75) is 6.92 Å². The van der Waals surface area contributed by atoms with E-state index in [1.54, 1.807) is 13.0 Å². The number of hydrogen-bond donors (Lipinski definition) is 3. The second-order valence-electron chi connectivity index (χ2n) is 3.16. The molecule has 0 saturated carbocycles. The number of H-pyrrole nitrogens is 1. The number of benzene rings is 1. The van der Waals surface area contributed by atoms with Crippen molar-refractivity contribution in [1.29, 1.82) is 0 Å². The lowest BCUT2D eigenvalue weighted by atomic mass is 10.1. The van der Waals surface area contributed by atoms with Crippen LogP contribution in [0.25, 0.3) is 10.9 Å². The second kappa shape index (κ2) is 2.77. The van der Waals surface area contributed by atoms with E-state index >= 15 is 0 Å². The van der Waals surface area contributed by atoms with E-state index in [4.69, 9.17) is 5.11 Å². The highest BCUT2D eigenvalue weighted by Gasteiger charge is 2.11. The molecule has 1 aromatic carbocycles. The number of nitrogens with one attached hydrogen (secondary N) is 1. The molecular formula is C10H9NO3. The molecule has 4 heteroatoms. The fourth-order valence-corrected chi connectivity index (χ4v) is 1.57. The molecule has 72 valence electrons. The van der Waals surface area contributed by atoms with Crippen molar-refractivity contribution in [1.82, 2.24) is 4.98 Å². The van der Waals surface area contributed by atoms with E-state index in [0.29, 0.717) is 5.56 Å². The van der Waals surface area contributed by atoms with Crippen molar-refractivity contribution in [3.63, 3.8) is 0 Å². The maximum Gasteiger partial charge on any atom is 0.335 e. The number of carboxylic acid groups (broad SMARTS) is 1. The van der Waals surface area contributed by atoms with Gasteiger partial charge in [0.25, 0.3) is 0 Å². The molecule has 4 nitrogen and oxygen atoms in total. The van der Waals surface area contributed by atoms with Crippen LogP contribution in [0.3, 0.4) is 0 Å². The molecule has 0 unspecified atom stereocenters. The minimum Gasteiger partial charge on any atom is -0.495 e. The molecule has 0 amide bonds. The van der Waals surface area contributed by atoms with Crippen LogP contribution >= 0.6 is 0 Å². The molecule has 2 rings (SSSR count). The lowest BCUT2D eigenvalue weighted by molar-refractivity contribution is 0.0696. The number of aromatic carboxylic acids is 1. The van der Waals surface area contributed by atoms with Gasteiger partial charge in [-0.15, -0.1) is 0 Å². The minimum atomic E-state index is -0.954. The number of fused-ring (bicyclic) bond motifs is 1.